The van der Waals surface area contributed by atoms with Crippen LogP contribution in [0.25, 0.3) is 0 Å². The van der Waals surface area contributed by atoms with Gasteiger partial charge in [0.25, 0.3) is 5.91 Å². The van der Waals surface area contributed by atoms with Gasteiger partial charge < -0.3 is 15.0 Å². The molecule has 0 aliphatic heterocycles. The summed E-state index contributed by atoms with van der Waals surface area (Å²) in [6.45, 7) is 7.62. The normalized spacial score (nSPS) is 12.5. The molecule has 0 aromatic heterocycles. The summed E-state index contributed by atoms with van der Waals surface area (Å²) in [7, 11) is 0. The number of nitrogens with zero attached hydrogens (tertiary/aromatic N) is 1. The first-order valence-corrected chi connectivity index (χ1v) is 13.7. The van der Waals surface area contributed by atoms with Crippen LogP contribution in [0, 0.1) is 13.8 Å². The highest BCUT2D eigenvalue weighted by atomic mass is 35.5. The topological polar surface area (TPSA) is 58.6 Å². The Balaban J connectivity index is 1.95. The highest BCUT2D eigenvalue weighted by Crippen LogP contribution is 2.27. The van der Waals surface area contributed by atoms with E-state index in [4.69, 9.17) is 39.5 Å². The Morgan fingerprint density at radius 3 is 2.18 bits per heavy atom. The molecule has 8 heteroatoms. The SMILES string of the molecule is CC[C@@H](C)NC(=O)[C@@H](Cc1ccccc1)N(Cc1ccc(Cl)c(Cl)c1)C(=O)COc1cc(C)c(Cl)c(C)c1. The zero-order valence-corrected chi connectivity index (χ0v) is 24.3. The third kappa shape index (κ3) is 8.13. The fourth-order valence-electron chi connectivity index (χ4n) is 4.05. The lowest BCUT2D eigenvalue weighted by Gasteiger charge is -2.32. The molecule has 0 spiro atoms. The minimum atomic E-state index is -0.773. The quantitative estimate of drug-likeness (QED) is 0.263. The van der Waals surface area contributed by atoms with Gasteiger partial charge in [-0.3, -0.25) is 9.59 Å². The summed E-state index contributed by atoms with van der Waals surface area (Å²) in [5, 5.41) is 4.51. The Kier molecular flexibility index (Phi) is 10.9. The second-order valence-electron chi connectivity index (χ2n) is 9.45. The van der Waals surface area contributed by atoms with E-state index in [-0.39, 0.29) is 31.0 Å². The average molecular weight is 576 g/mol. The Labute approximate surface area is 240 Å². The summed E-state index contributed by atoms with van der Waals surface area (Å²) in [5.41, 5.74) is 3.40. The van der Waals surface area contributed by atoms with E-state index >= 15 is 0 Å². The summed E-state index contributed by atoms with van der Waals surface area (Å²) in [6, 6.07) is 17.6. The lowest BCUT2D eigenvalue weighted by molar-refractivity contribution is -0.143. The van der Waals surface area contributed by atoms with Gasteiger partial charge in [-0.25, -0.2) is 0 Å². The van der Waals surface area contributed by atoms with Gasteiger partial charge in [-0.05, 0) is 73.7 Å². The number of rotatable bonds is 11. The number of benzene rings is 3. The van der Waals surface area contributed by atoms with Crippen LogP contribution in [0.2, 0.25) is 15.1 Å². The van der Waals surface area contributed by atoms with Crippen molar-refractivity contribution in [3.05, 3.63) is 98.0 Å². The van der Waals surface area contributed by atoms with Gasteiger partial charge in [0.2, 0.25) is 5.91 Å². The molecule has 3 aromatic rings. The van der Waals surface area contributed by atoms with E-state index in [0.717, 1.165) is 28.7 Å². The fraction of sp³-hybridized carbons (Fsp3) is 0.333. The molecule has 2 atom stereocenters. The summed E-state index contributed by atoms with van der Waals surface area (Å²) < 4.78 is 5.90. The molecule has 3 rings (SSSR count). The Morgan fingerprint density at radius 1 is 0.921 bits per heavy atom. The molecule has 3 aromatic carbocycles. The van der Waals surface area contributed by atoms with E-state index in [0.29, 0.717) is 27.2 Å². The van der Waals surface area contributed by atoms with E-state index in [1.165, 1.54) is 0 Å². The molecule has 2 amide bonds. The second kappa shape index (κ2) is 13.9. The van der Waals surface area contributed by atoms with Crippen molar-refractivity contribution < 1.29 is 14.3 Å². The van der Waals surface area contributed by atoms with Crippen molar-refractivity contribution in [2.24, 2.45) is 0 Å². The van der Waals surface area contributed by atoms with Gasteiger partial charge in [0.15, 0.2) is 6.61 Å². The lowest BCUT2D eigenvalue weighted by atomic mass is 10.0. The Bertz CT molecular complexity index is 1240. The van der Waals surface area contributed by atoms with Crippen LogP contribution in [0.5, 0.6) is 5.75 Å². The molecular formula is C30H33Cl3N2O3. The second-order valence-corrected chi connectivity index (χ2v) is 10.6. The standard InChI is InChI=1S/C30H33Cl3N2O3/c1-5-21(4)34-30(37)27(16-22-9-7-6-8-10-22)35(17-23-11-12-25(31)26(32)15-23)28(36)18-38-24-13-19(2)29(33)20(3)14-24/h6-15,21,27H,5,16-18H2,1-4H3,(H,34,37)/t21-,27-/m1/s1. The molecule has 202 valence electrons. The van der Waals surface area contributed by atoms with Crippen LogP contribution in [-0.4, -0.2) is 35.4 Å². The Morgan fingerprint density at radius 2 is 1.58 bits per heavy atom. The van der Waals surface area contributed by atoms with Gasteiger partial charge in [0, 0.05) is 24.0 Å². The van der Waals surface area contributed by atoms with E-state index in [1.54, 1.807) is 35.2 Å². The molecule has 0 fully saturated rings. The van der Waals surface area contributed by atoms with Gasteiger partial charge in [0.1, 0.15) is 11.8 Å². The molecule has 0 aliphatic rings. The van der Waals surface area contributed by atoms with Crippen LogP contribution in [-0.2, 0) is 22.6 Å². The van der Waals surface area contributed by atoms with Crippen molar-refractivity contribution in [2.75, 3.05) is 6.61 Å². The third-order valence-corrected chi connectivity index (χ3v) is 7.72. The monoisotopic (exact) mass is 574 g/mol. The van der Waals surface area contributed by atoms with Gasteiger partial charge in [-0.2, -0.15) is 0 Å². The minimum absolute atomic E-state index is 0.0426. The number of ether oxygens (including phenoxy) is 1. The van der Waals surface area contributed by atoms with Gasteiger partial charge in [-0.15, -0.1) is 0 Å². The number of carbonyl (C=O) groups is 2. The van der Waals surface area contributed by atoms with Crippen molar-refractivity contribution in [3.63, 3.8) is 0 Å². The van der Waals surface area contributed by atoms with E-state index < -0.39 is 6.04 Å². The summed E-state index contributed by atoms with van der Waals surface area (Å²) in [4.78, 5) is 28.9. The van der Waals surface area contributed by atoms with Crippen molar-refractivity contribution in [2.45, 2.75) is 59.2 Å². The summed E-state index contributed by atoms with van der Waals surface area (Å²) in [6.07, 6.45) is 1.11. The van der Waals surface area contributed by atoms with Crippen LogP contribution in [0.4, 0.5) is 0 Å². The predicted octanol–water partition coefficient (Wildman–Crippen LogP) is 7.20. The highest BCUT2D eigenvalue weighted by molar-refractivity contribution is 6.42. The maximum absolute atomic E-state index is 13.7. The molecule has 0 unspecified atom stereocenters. The molecular weight excluding hydrogens is 543 g/mol. The molecule has 0 saturated heterocycles. The maximum atomic E-state index is 13.7. The zero-order chi connectivity index (χ0) is 27.8. The first kappa shape index (κ1) is 29.8. The van der Waals surface area contributed by atoms with Crippen molar-refractivity contribution in [1.29, 1.82) is 0 Å². The van der Waals surface area contributed by atoms with Crippen LogP contribution < -0.4 is 10.1 Å². The van der Waals surface area contributed by atoms with Gasteiger partial charge in [-0.1, -0.05) is 78.1 Å². The van der Waals surface area contributed by atoms with Crippen LogP contribution in [0.3, 0.4) is 0 Å². The van der Waals surface area contributed by atoms with Crippen molar-refractivity contribution in [3.8, 4) is 5.75 Å². The van der Waals surface area contributed by atoms with Crippen LogP contribution >= 0.6 is 34.8 Å². The fourth-order valence-corrected chi connectivity index (χ4v) is 4.48. The number of hydrogen-bond donors (Lipinski definition) is 1. The predicted molar refractivity (Wildman–Crippen MR) is 155 cm³/mol. The highest BCUT2D eigenvalue weighted by Gasteiger charge is 2.31. The number of nitrogens with one attached hydrogen (secondary N) is 1. The van der Waals surface area contributed by atoms with Crippen molar-refractivity contribution in [1.82, 2.24) is 10.2 Å². The smallest absolute Gasteiger partial charge is 0.261 e. The maximum Gasteiger partial charge on any atom is 0.261 e. The molecule has 0 saturated carbocycles. The minimum Gasteiger partial charge on any atom is -0.484 e. The molecule has 0 bridgehead atoms. The summed E-state index contributed by atoms with van der Waals surface area (Å²) >= 11 is 18.7. The zero-order valence-electron chi connectivity index (χ0n) is 22.1. The third-order valence-electron chi connectivity index (χ3n) is 6.38. The molecule has 0 heterocycles. The largest absolute Gasteiger partial charge is 0.484 e. The first-order chi connectivity index (χ1) is 18.1. The van der Waals surface area contributed by atoms with Crippen LogP contribution in [0.15, 0.2) is 60.7 Å². The van der Waals surface area contributed by atoms with E-state index in [2.05, 4.69) is 5.32 Å². The number of hydrogen-bond acceptors (Lipinski definition) is 3. The lowest BCUT2D eigenvalue weighted by Crippen LogP contribution is -2.53. The summed E-state index contributed by atoms with van der Waals surface area (Å²) in [5.74, 6) is -0.0211. The number of halogens is 3. The molecule has 38 heavy (non-hydrogen) atoms. The van der Waals surface area contributed by atoms with E-state index in [1.807, 2.05) is 58.0 Å². The van der Waals surface area contributed by atoms with Gasteiger partial charge >= 0.3 is 0 Å². The number of amides is 2. The number of carbonyl (C=O) groups excluding carboxylic acids is 2. The number of aryl methyl sites for hydroxylation is 2. The van der Waals surface area contributed by atoms with Crippen LogP contribution in [0.1, 0.15) is 42.5 Å². The van der Waals surface area contributed by atoms with Crippen molar-refractivity contribution >= 4 is 46.6 Å². The molecule has 0 radical (unpaired) electrons. The average Bonchev–Trinajstić information content (AvgIpc) is 2.90. The first-order valence-electron chi connectivity index (χ1n) is 12.6. The van der Waals surface area contributed by atoms with Gasteiger partial charge in [0.05, 0.1) is 10.0 Å². The molecule has 5 nitrogen and oxygen atoms in total. The molecule has 1 N–H and O–H groups in total. The Hall–Kier alpha value is -2.73. The molecule has 0 aliphatic carbocycles. The van der Waals surface area contributed by atoms with E-state index in [9.17, 15) is 9.59 Å².